The van der Waals surface area contributed by atoms with Crippen LogP contribution in [0.4, 0.5) is 4.79 Å². The van der Waals surface area contributed by atoms with E-state index in [9.17, 15) is 4.79 Å². The van der Waals surface area contributed by atoms with E-state index in [0.717, 1.165) is 18.3 Å². The van der Waals surface area contributed by atoms with Gasteiger partial charge < -0.3 is 19.7 Å². The fraction of sp³-hybridized carbons (Fsp3) is 0.815. The maximum absolute atomic E-state index is 12.3. The van der Waals surface area contributed by atoms with Gasteiger partial charge in [0.25, 0.3) is 0 Å². The van der Waals surface area contributed by atoms with E-state index in [2.05, 4.69) is 36.1 Å². The predicted octanol–water partition coefficient (Wildman–Crippen LogP) is 6.61. The monoisotopic (exact) mass is 514 g/mol. The smallest absolute Gasteiger partial charge is 0.410 e. The summed E-state index contributed by atoms with van der Waals surface area (Å²) in [6.07, 6.45) is 11.8. The fourth-order valence-corrected chi connectivity index (χ4v) is 4.17. The second-order valence-corrected chi connectivity index (χ2v) is 9.64. The Bertz CT molecular complexity index is 647. The third kappa shape index (κ3) is 14.0. The standard InChI is InChI=1S/C18H34N2O3.C4H3ClN2.C3H8.C2H6/c1-6-16(19-4)17(20(5)18(21)23-12(2)3)11-22-15-8-7-13-9-14(13)10-15;5-4-1-6-3-7-2-4;1-3-2;1-2/h12-17,19H,6-11H2,1-5H3;1-3H;3H2,1-2H3;1-2H3. The number of hydrogen-bond donors (Lipinski definition) is 1. The number of carbonyl (C=O) groups excluding carboxylic acids is 1. The summed E-state index contributed by atoms with van der Waals surface area (Å²) in [7, 11) is 3.76. The summed E-state index contributed by atoms with van der Waals surface area (Å²) in [5.41, 5.74) is 0. The van der Waals surface area contributed by atoms with Crippen LogP contribution in [0.15, 0.2) is 18.7 Å². The van der Waals surface area contributed by atoms with Crippen molar-refractivity contribution in [3.63, 3.8) is 0 Å². The molecule has 2 aliphatic rings. The average Bonchev–Trinajstić information content (AvgIpc) is 3.62. The third-order valence-electron chi connectivity index (χ3n) is 5.92. The largest absolute Gasteiger partial charge is 0.447 e. The van der Waals surface area contributed by atoms with Crippen LogP contribution >= 0.6 is 11.6 Å². The highest BCUT2D eigenvalue weighted by Gasteiger charge is 2.42. The molecular weight excluding hydrogens is 464 g/mol. The molecule has 1 heterocycles. The number of rotatable bonds is 8. The Morgan fingerprint density at radius 1 is 1.14 bits per heavy atom. The predicted molar refractivity (Wildman–Crippen MR) is 146 cm³/mol. The van der Waals surface area contributed by atoms with E-state index in [1.54, 1.807) is 4.90 Å². The van der Waals surface area contributed by atoms with Gasteiger partial charge in [-0.25, -0.2) is 14.8 Å². The number of ether oxygens (including phenoxy) is 2. The van der Waals surface area contributed by atoms with Gasteiger partial charge in [0.1, 0.15) is 6.33 Å². The van der Waals surface area contributed by atoms with Crippen LogP contribution < -0.4 is 5.32 Å². The van der Waals surface area contributed by atoms with Gasteiger partial charge in [0.05, 0.1) is 29.9 Å². The van der Waals surface area contributed by atoms with Gasteiger partial charge in [0.15, 0.2) is 0 Å². The molecule has 1 amide bonds. The Hall–Kier alpha value is -1.44. The molecule has 0 saturated heterocycles. The first-order valence-electron chi connectivity index (χ1n) is 13.4. The van der Waals surface area contributed by atoms with Gasteiger partial charge in [0.2, 0.25) is 0 Å². The molecule has 7 nitrogen and oxygen atoms in total. The normalized spacial score (nSPS) is 21.4. The zero-order valence-corrected chi connectivity index (χ0v) is 24.3. The summed E-state index contributed by atoms with van der Waals surface area (Å²) in [6, 6.07) is 0.199. The molecule has 0 aliphatic heterocycles. The van der Waals surface area contributed by atoms with E-state index in [1.165, 1.54) is 50.8 Å². The van der Waals surface area contributed by atoms with Gasteiger partial charge in [-0.15, -0.1) is 0 Å². The van der Waals surface area contributed by atoms with Crippen molar-refractivity contribution in [2.45, 2.75) is 111 Å². The maximum atomic E-state index is 12.3. The number of fused-ring (bicyclic) bond motifs is 1. The van der Waals surface area contributed by atoms with Gasteiger partial charge >= 0.3 is 6.09 Å². The minimum atomic E-state index is -0.270. The molecule has 0 bridgehead atoms. The summed E-state index contributed by atoms with van der Waals surface area (Å²) in [6.45, 7) is 14.7. The molecule has 0 radical (unpaired) electrons. The molecule has 1 aromatic heterocycles. The fourth-order valence-electron chi connectivity index (χ4n) is 4.06. The molecule has 35 heavy (non-hydrogen) atoms. The number of nitrogens with one attached hydrogen (secondary N) is 1. The minimum Gasteiger partial charge on any atom is -0.447 e. The summed E-state index contributed by atoms with van der Waals surface area (Å²) in [5, 5.41) is 3.89. The van der Waals surface area contributed by atoms with Crippen molar-refractivity contribution in [1.29, 1.82) is 0 Å². The van der Waals surface area contributed by atoms with E-state index < -0.39 is 0 Å². The van der Waals surface area contributed by atoms with Gasteiger partial charge in [-0.05, 0) is 64.8 Å². The highest BCUT2D eigenvalue weighted by molar-refractivity contribution is 6.30. The molecule has 1 aromatic rings. The highest BCUT2D eigenvalue weighted by Crippen LogP contribution is 2.50. The molecule has 2 saturated carbocycles. The summed E-state index contributed by atoms with van der Waals surface area (Å²) >= 11 is 5.41. The molecule has 0 aromatic carbocycles. The van der Waals surface area contributed by atoms with E-state index in [0.29, 0.717) is 17.7 Å². The molecule has 2 aliphatic carbocycles. The number of likely N-dealkylation sites (N-methyl/N-ethyl adjacent to an activating group) is 2. The van der Waals surface area contributed by atoms with Crippen molar-refractivity contribution in [3.05, 3.63) is 23.7 Å². The number of amides is 1. The van der Waals surface area contributed by atoms with E-state index >= 15 is 0 Å². The van der Waals surface area contributed by atoms with Crippen LogP contribution in [0.5, 0.6) is 0 Å². The first-order valence-corrected chi connectivity index (χ1v) is 13.8. The molecule has 2 fully saturated rings. The molecule has 0 spiro atoms. The van der Waals surface area contributed by atoms with E-state index in [-0.39, 0.29) is 24.3 Å². The molecule has 1 N–H and O–H groups in total. The van der Waals surface area contributed by atoms with Crippen molar-refractivity contribution in [1.82, 2.24) is 20.2 Å². The van der Waals surface area contributed by atoms with Crippen molar-refractivity contribution >= 4 is 17.7 Å². The minimum absolute atomic E-state index is 0.00632. The number of carbonyl (C=O) groups is 1. The summed E-state index contributed by atoms with van der Waals surface area (Å²) < 4.78 is 11.6. The Labute approximate surface area is 219 Å². The third-order valence-corrected chi connectivity index (χ3v) is 6.12. The van der Waals surface area contributed by atoms with Gasteiger partial charge in [0, 0.05) is 25.5 Å². The van der Waals surface area contributed by atoms with Crippen LogP contribution in [-0.2, 0) is 9.47 Å². The average molecular weight is 515 g/mol. The van der Waals surface area contributed by atoms with Crippen molar-refractivity contribution in [2.75, 3.05) is 20.7 Å². The molecule has 3 rings (SSSR count). The first kappa shape index (κ1) is 33.6. The number of hydrogen-bond acceptors (Lipinski definition) is 6. The quantitative estimate of drug-likeness (QED) is 0.420. The lowest BCUT2D eigenvalue weighted by Crippen LogP contribution is -2.52. The zero-order valence-electron chi connectivity index (χ0n) is 23.6. The second-order valence-electron chi connectivity index (χ2n) is 9.20. The SMILES string of the molecule is CC.CCC.CCC(NC)C(COC1CCC2CC2C1)N(C)C(=O)OC(C)C.Clc1cncnc1. The van der Waals surface area contributed by atoms with E-state index in [4.69, 9.17) is 21.1 Å². The van der Waals surface area contributed by atoms with Crippen molar-refractivity contribution < 1.29 is 14.3 Å². The highest BCUT2D eigenvalue weighted by atomic mass is 35.5. The number of halogens is 1. The Morgan fingerprint density at radius 3 is 2.17 bits per heavy atom. The van der Waals surface area contributed by atoms with Crippen LogP contribution in [0.25, 0.3) is 0 Å². The Morgan fingerprint density at radius 2 is 1.74 bits per heavy atom. The zero-order chi connectivity index (χ0) is 26.8. The summed E-state index contributed by atoms with van der Waals surface area (Å²) in [5.74, 6) is 1.89. The lowest BCUT2D eigenvalue weighted by molar-refractivity contribution is -0.0173. The molecule has 8 heteroatoms. The van der Waals surface area contributed by atoms with Gasteiger partial charge in [-0.3, -0.25) is 0 Å². The number of nitrogens with zero attached hydrogens (tertiary/aromatic N) is 3. The van der Waals surface area contributed by atoms with Crippen molar-refractivity contribution in [2.24, 2.45) is 11.8 Å². The molecule has 5 atom stereocenters. The molecular formula is C27H51ClN4O3. The van der Waals surface area contributed by atoms with Crippen LogP contribution in [-0.4, -0.2) is 66.0 Å². The first-order chi connectivity index (χ1) is 16.8. The topological polar surface area (TPSA) is 76.6 Å². The molecule has 204 valence electrons. The molecule has 5 unspecified atom stereocenters. The van der Waals surface area contributed by atoms with Crippen LogP contribution in [0.2, 0.25) is 5.02 Å². The maximum Gasteiger partial charge on any atom is 0.410 e. The van der Waals surface area contributed by atoms with Crippen molar-refractivity contribution in [3.8, 4) is 0 Å². The van der Waals surface area contributed by atoms with Crippen LogP contribution in [0.1, 0.15) is 87.0 Å². The number of aromatic nitrogens is 2. The second kappa shape index (κ2) is 19.7. The van der Waals surface area contributed by atoms with Crippen LogP contribution in [0.3, 0.4) is 0 Å². The Balaban J connectivity index is 0.000000797. The lowest BCUT2D eigenvalue weighted by Gasteiger charge is -2.35. The van der Waals surface area contributed by atoms with Gasteiger partial charge in [-0.2, -0.15) is 0 Å². The Kier molecular flexibility index (Phi) is 18.9. The van der Waals surface area contributed by atoms with Crippen LogP contribution in [0, 0.1) is 11.8 Å². The summed E-state index contributed by atoms with van der Waals surface area (Å²) in [4.78, 5) is 21.2. The van der Waals surface area contributed by atoms with Gasteiger partial charge in [-0.1, -0.05) is 52.6 Å². The van der Waals surface area contributed by atoms with E-state index in [1.807, 2.05) is 41.8 Å². The lowest BCUT2D eigenvalue weighted by atomic mass is 9.97.